The van der Waals surface area contributed by atoms with Crippen molar-refractivity contribution in [2.75, 3.05) is 67.7 Å². The number of carbonyl (C=O) groups excluding carboxylic acids is 1. The molecule has 3 N–H and O–H groups in total. The molecule has 0 radical (unpaired) electrons. The van der Waals surface area contributed by atoms with E-state index in [-0.39, 0.29) is 49.3 Å². The number of benzene rings is 3. The van der Waals surface area contributed by atoms with E-state index in [1.807, 2.05) is 29.2 Å². The topological polar surface area (TPSA) is 175 Å². The second-order valence-corrected chi connectivity index (χ2v) is 20.6. The number of alkyl halides is 1. The fraction of sp³-hybridized carbons (Fsp3) is 0.458. The van der Waals surface area contributed by atoms with Gasteiger partial charge in [0.1, 0.15) is 22.7 Å². The Morgan fingerprint density at radius 1 is 1.00 bits per heavy atom. The molecule has 5 aliphatic rings. The number of nitrogens with zero attached hydrogens (tertiary/aromatic N) is 5. The van der Waals surface area contributed by atoms with Crippen LogP contribution in [0.5, 0.6) is 5.88 Å². The molecule has 1 atom stereocenters. The Balaban J connectivity index is 0.906. The fourth-order valence-corrected chi connectivity index (χ4v) is 11.8. The highest BCUT2D eigenvalue weighted by atomic mass is 32.2. The summed E-state index contributed by atoms with van der Waals surface area (Å²) >= 11 is 0. The highest BCUT2D eigenvalue weighted by Crippen LogP contribution is 2.55. The molecule has 1 amide bonds. The van der Waals surface area contributed by atoms with Crippen LogP contribution in [0.1, 0.15) is 92.2 Å². The predicted octanol–water partition coefficient (Wildman–Crippen LogP) is 8.37. The van der Waals surface area contributed by atoms with Gasteiger partial charge in [0.15, 0.2) is 0 Å². The van der Waals surface area contributed by atoms with Crippen molar-refractivity contribution in [1.82, 2.24) is 19.6 Å². The third-order valence-corrected chi connectivity index (χ3v) is 15.6. The minimum absolute atomic E-state index is 0.0355. The number of nitrogens with one attached hydrogen (secondary N) is 3. The number of rotatable bonds is 12. The molecular formula is C48H55FN8O7S. The zero-order valence-electron chi connectivity index (χ0n) is 36.7. The molecule has 3 aromatic carbocycles. The first-order chi connectivity index (χ1) is 31.3. The molecule has 65 heavy (non-hydrogen) atoms. The Hall–Kier alpha value is -5.78. The van der Waals surface area contributed by atoms with Crippen LogP contribution in [0.25, 0.3) is 11.0 Å². The number of H-pyrrole nitrogens is 1. The van der Waals surface area contributed by atoms with Crippen molar-refractivity contribution in [3.8, 4) is 5.88 Å². The monoisotopic (exact) mass is 906 g/mol. The zero-order chi connectivity index (χ0) is 45.1. The molecule has 15 nitrogen and oxygen atoms in total. The number of anilines is 4. The second kappa shape index (κ2) is 16.9. The van der Waals surface area contributed by atoms with Crippen molar-refractivity contribution in [1.29, 1.82) is 0 Å². The molecular weight excluding hydrogens is 852 g/mol. The summed E-state index contributed by atoms with van der Waals surface area (Å²) < 4.78 is 56.7. The fourth-order valence-electron chi connectivity index (χ4n) is 10.8. The van der Waals surface area contributed by atoms with Gasteiger partial charge in [-0.05, 0) is 98.2 Å². The molecule has 2 aromatic heterocycles. The quantitative estimate of drug-likeness (QED) is 0.0807. The van der Waals surface area contributed by atoms with Crippen LogP contribution in [0, 0.1) is 15.5 Å². The van der Waals surface area contributed by atoms with E-state index in [1.54, 1.807) is 12.3 Å². The van der Waals surface area contributed by atoms with Crippen LogP contribution in [-0.4, -0.2) is 98.4 Å². The van der Waals surface area contributed by atoms with Crippen LogP contribution in [-0.2, 0) is 14.8 Å². The molecule has 10 rings (SSSR count). The van der Waals surface area contributed by atoms with E-state index in [9.17, 15) is 23.3 Å². The van der Waals surface area contributed by atoms with Crippen LogP contribution in [0.15, 0.2) is 83.9 Å². The number of sulfonamides is 1. The maximum Gasteiger partial charge on any atom is 0.293 e. The minimum Gasteiger partial charge on any atom is -0.476 e. The Morgan fingerprint density at radius 3 is 2.58 bits per heavy atom. The van der Waals surface area contributed by atoms with E-state index < -0.39 is 37.1 Å². The third-order valence-electron chi connectivity index (χ3n) is 14.2. The molecule has 4 aliphatic heterocycles. The van der Waals surface area contributed by atoms with E-state index in [0.717, 1.165) is 49.6 Å². The Labute approximate surface area is 377 Å². The number of halogens is 1. The van der Waals surface area contributed by atoms with Crippen molar-refractivity contribution in [3.05, 3.63) is 106 Å². The lowest BCUT2D eigenvalue weighted by Crippen LogP contribution is -2.66. The van der Waals surface area contributed by atoms with E-state index in [4.69, 9.17) is 14.5 Å². The van der Waals surface area contributed by atoms with Gasteiger partial charge in [-0.2, -0.15) is 4.98 Å². The van der Waals surface area contributed by atoms with Crippen LogP contribution >= 0.6 is 0 Å². The molecule has 342 valence electrons. The van der Waals surface area contributed by atoms with E-state index in [1.165, 1.54) is 36.1 Å². The van der Waals surface area contributed by atoms with Crippen LogP contribution in [0.3, 0.4) is 0 Å². The van der Waals surface area contributed by atoms with Crippen molar-refractivity contribution >= 4 is 55.4 Å². The summed E-state index contributed by atoms with van der Waals surface area (Å²) in [7, 11) is -4.63. The van der Waals surface area contributed by atoms with Gasteiger partial charge in [0.25, 0.3) is 21.6 Å². The summed E-state index contributed by atoms with van der Waals surface area (Å²) in [4.78, 5) is 40.2. The van der Waals surface area contributed by atoms with Gasteiger partial charge in [-0.15, -0.1) is 0 Å². The summed E-state index contributed by atoms with van der Waals surface area (Å²) in [5.41, 5.74) is 3.67. The molecule has 17 heteroatoms. The number of hydrogen-bond donors (Lipinski definition) is 3. The second-order valence-electron chi connectivity index (χ2n) is 18.9. The number of nitro groups is 1. The Bertz CT molecular complexity index is 2740. The number of carbonyl (C=O) groups is 1. The van der Waals surface area contributed by atoms with Crippen molar-refractivity contribution in [2.45, 2.75) is 87.4 Å². The van der Waals surface area contributed by atoms with E-state index in [0.29, 0.717) is 60.5 Å². The summed E-state index contributed by atoms with van der Waals surface area (Å²) in [5, 5.41) is 15.8. The average molecular weight is 907 g/mol. The Morgan fingerprint density at radius 2 is 1.80 bits per heavy atom. The predicted molar refractivity (Wildman–Crippen MR) is 247 cm³/mol. The largest absolute Gasteiger partial charge is 0.476 e. The first-order valence-electron chi connectivity index (χ1n) is 22.8. The van der Waals surface area contributed by atoms with E-state index in [2.05, 4.69) is 62.9 Å². The van der Waals surface area contributed by atoms with Gasteiger partial charge in [-0.3, -0.25) is 19.8 Å². The first kappa shape index (κ1) is 43.1. The number of aromatic nitrogens is 2. The van der Waals surface area contributed by atoms with Crippen molar-refractivity contribution in [3.63, 3.8) is 0 Å². The number of hydrogen-bond acceptors (Lipinski definition) is 12. The smallest absolute Gasteiger partial charge is 0.293 e. The zero-order valence-corrected chi connectivity index (χ0v) is 37.5. The molecule has 6 heterocycles. The third kappa shape index (κ3) is 8.26. The molecule has 1 saturated carbocycles. The van der Waals surface area contributed by atoms with Gasteiger partial charge in [-0.1, -0.05) is 38.1 Å². The summed E-state index contributed by atoms with van der Waals surface area (Å²) in [6, 6.07) is 22.5. The van der Waals surface area contributed by atoms with Gasteiger partial charge in [-0.25, -0.2) is 17.5 Å². The van der Waals surface area contributed by atoms with Gasteiger partial charge in [0.2, 0.25) is 5.88 Å². The lowest BCUT2D eigenvalue weighted by Gasteiger charge is -2.62. The molecule has 1 aliphatic carbocycles. The molecule has 0 bridgehead atoms. The molecule has 4 fully saturated rings. The molecule has 0 unspecified atom stereocenters. The number of aromatic amines is 1. The van der Waals surface area contributed by atoms with Crippen LogP contribution in [0.4, 0.5) is 32.8 Å². The first-order valence-corrected chi connectivity index (χ1v) is 24.3. The lowest BCUT2D eigenvalue weighted by molar-refractivity contribution is -0.384. The van der Waals surface area contributed by atoms with Crippen LogP contribution in [0.2, 0.25) is 0 Å². The highest BCUT2D eigenvalue weighted by Gasteiger charge is 2.55. The summed E-state index contributed by atoms with van der Waals surface area (Å²) in [6.45, 7) is 8.53. The van der Waals surface area contributed by atoms with Gasteiger partial charge in [0, 0.05) is 93.1 Å². The number of ether oxygens (including phenoxy) is 2. The number of nitro benzene ring substituents is 1. The van der Waals surface area contributed by atoms with Crippen molar-refractivity contribution in [2.24, 2.45) is 5.41 Å². The molecule has 5 aromatic rings. The van der Waals surface area contributed by atoms with Crippen LogP contribution < -0.4 is 24.6 Å². The molecule has 1 spiro atoms. The van der Waals surface area contributed by atoms with Gasteiger partial charge in [0.05, 0.1) is 27.7 Å². The maximum atomic E-state index is 15.3. The maximum absolute atomic E-state index is 15.3. The lowest BCUT2D eigenvalue weighted by atomic mass is 9.60. The SMILES string of the molecule is CC(C)c1ccccc1[C@@H]1CCCN1C1CC2(C1)CN(c1ccc(C(=O)NS(=O)(=O)c3ccc(NCC4(F)CCOCC4)c([N+](=O)[O-])c3)c(N3CCCOc4nc5[nH]ccc5cc43)c1)C2. The average Bonchev–Trinajstić information content (AvgIpc) is 3.89. The minimum atomic E-state index is -4.63. The van der Waals surface area contributed by atoms with Crippen molar-refractivity contribution < 1.29 is 32.0 Å². The summed E-state index contributed by atoms with van der Waals surface area (Å²) in [5.74, 6) is -0.0450. The van der Waals surface area contributed by atoms with E-state index >= 15 is 4.39 Å². The van der Waals surface area contributed by atoms with Gasteiger partial charge >= 0.3 is 0 Å². The summed E-state index contributed by atoms with van der Waals surface area (Å²) in [6.07, 6.45) is 7.30. The Kier molecular flexibility index (Phi) is 11.2. The number of amides is 1. The number of fused-ring (bicyclic) bond motifs is 2. The highest BCUT2D eigenvalue weighted by molar-refractivity contribution is 7.90. The normalized spacial score (nSPS) is 20.8. The van der Waals surface area contributed by atoms with Gasteiger partial charge < -0.3 is 29.6 Å². The number of pyridine rings is 1. The molecule has 3 saturated heterocycles. The number of likely N-dealkylation sites (tertiary alicyclic amines) is 1. The standard InChI is InChI=1S/C48H55FN8O7S/c1-31(2)36-7-3-4-8-37(36)40-9-5-18-55(40)34-26-47(27-34)29-54(30-47)33-10-12-38(41(24-33)56-19-6-20-64-46-43(56)23-32-14-17-50-44(32)52-46)45(58)53-65(61,62)35-11-13-39(42(25-35)57(59)60)51-28-48(49)15-21-63-22-16-48/h3-4,7-8,10-14,17,23-25,31,34,40,51H,5-6,9,15-16,18-22,26-30H2,1-2H3,(H,50,52)(H,53,58)/t40-/m0/s1.